The summed E-state index contributed by atoms with van der Waals surface area (Å²) in [6.45, 7) is -0.379. The largest absolute Gasteiger partial charge is 0.497 e. The number of aliphatic hydroxyl groups excluding tert-OH is 1. The number of ether oxygens (including phenoxy) is 2. The third-order valence-corrected chi connectivity index (χ3v) is 6.42. The first-order valence-corrected chi connectivity index (χ1v) is 10.8. The van der Waals surface area contributed by atoms with E-state index in [-0.39, 0.29) is 29.9 Å². The van der Waals surface area contributed by atoms with Crippen LogP contribution in [0.5, 0.6) is 5.75 Å². The van der Waals surface area contributed by atoms with Crippen LogP contribution in [0, 0.1) is 0 Å². The van der Waals surface area contributed by atoms with Crippen molar-refractivity contribution in [3.05, 3.63) is 36.4 Å². The van der Waals surface area contributed by atoms with Gasteiger partial charge in [0.15, 0.2) is 0 Å². The zero-order valence-corrected chi connectivity index (χ0v) is 16.5. The van der Waals surface area contributed by atoms with Gasteiger partial charge in [0.2, 0.25) is 15.9 Å². The van der Waals surface area contributed by atoms with Crippen molar-refractivity contribution in [3.63, 3.8) is 0 Å². The number of benzene rings is 1. The lowest BCUT2D eigenvalue weighted by molar-refractivity contribution is -0.126. The van der Waals surface area contributed by atoms with Crippen LogP contribution >= 0.6 is 0 Å². The van der Waals surface area contributed by atoms with E-state index in [9.17, 15) is 18.3 Å². The lowest BCUT2D eigenvalue weighted by atomic mass is 9.93. The minimum absolute atomic E-state index is 0.0546. The summed E-state index contributed by atoms with van der Waals surface area (Å²) < 4.78 is 38.6. The number of hydrogen-bond acceptors (Lipinski definition) is 6. The summed E-state index contributed by atoms with van der Waals surface area (Å²) in [5.41, 5.74) is 0. The molecule has 28 heavy (non-hydrogen) atoms. The van der Waals surface area contributed by atoms with Crippen LogP contribution < -0.4 is 14.8 Å². The van der Waals surface area contributed by atoms with Crippen LogP contribution in [0.15, 0.2) is 41.3 Å². The fraction of sp³-hybridized carbons (Fsp3) is 0.526. The van der Waals surface area contributed by atoms with E-state index in [1.54, 1.807) is 24.3 Å². The number of amides is 1. The first-order chi connectivity index (χ1) is 13.4. The monoisotopic (exact) mass is 410 g/mol. The molecule has 1 saturated carbocycles. The second-order valence-electron chi connectivity index (χ2n) is 7.01. The Morgan fingerprint density at radius 3 is 2.75 bits per heavy atom. The highest BCUT2D eigenvalue weighted by Crippen LogP contribution is 2.22. The summed E-state index contributed by atoms with van der Waals surface area (Å²) in [5.74, 6) is 0.320. The number of hydrogen-bond donors (Lipinski definition) is 3. The van der Waals surface area contributed by atoms with E-state index in [0.29, 0.717) is 5.75 Å². The topological polar surface area (TPSA) is 114 Å². The van der Waals surface area contributed by atoms with Crippen LogP contribution in [0.25, 0.3) is 0 Å². The fourth-order valence-corrected chi connectivity index (χ4v) is 4.40. The van der Waals surface area contributed by atoms with Crippen LogP contribution in [0.3, 0.4) is 0 Å². The summed E-state index contributed by atoms with van der Waals surface area (Å²) in [4.78, 5) is 12.1. The predicted molar refractivity (Wildman–Crippen MR) is 102 cm³/mol. The third kappa shape index (κ3) is 5.11. The van der Waals surface area contributed by atoms with E-state index in [1.165, 1.54) is 19.2 Å². The molecule has 8 nitrogen and oxygen atoms in total. The van der Waals surface area contributed by atoms with Crippen LogP contribution in [-0.2, 0) is 19.6 Å². The average Bonchev–Trinajstić information content (AvgIpc) is 2.65. The second kappa shape index (κ2) is 9.04. The Morgan fingerprint density at radius 2 is 2.11 bits per heavy atom. The van der Waals surface area contributed by atoms with Crippen molar-refractivity contribution in [2.75, 3.05) is 13.7 Å². The van der Waals surface area contributed by atoms with Gasteiger partial charge in [-0.25, -0.2) is 13.1 Å². The lowest BCUT2D eigenvalue weighted by Crippen LogP contribution is -2.49. The molecule has 0 unspecified atom stereocenters. The molecule has 0 radical (unpaired) electrons. The Labute approximate surface area is 165 Å². The number of carbonyl (C=O) groups excluding carboxylic acids is 1. The Kier molecular flexibility index (Phi) is 6.71. The molecule has 0 bridgehead atoms. The van der Waals surface area contributed by atoms with Crippen LogP contribution in [-0.4, -0.2) is 57.4 Å². The molecule has 3 rings (SSSR count). The number of sulfonamides is 1. The third-order valence-electron chi connectivity index (χ3n) is 4.96. The minimum atomic E-state index is -3.84. The van der Waals surface area contributed by atoms with Crippen molar-refractivity contribution < 1.29 is 27.8 Å². The maximum Gasteiger partial charge on any atom is 0.241 e. The molecule has 1 aliphatic heterocycles. The molecule has 1 aromatic rings. The lowest BCUT2D eigenvalue weighted by Gasteiger charge is -2.32. The summed E-state index contributed by atoms with van der Waals surface area (Å²) in [5, 5.41) is 12.6. The van der Waals surface area contributed by atoms with Gasteiger partial charge < -0.3 is 19.9 Å². The van der Waals surface area contributed by atoms with Gasteiger partial charge in [0.05, 0.1) is 37.2 Å². The number of aliphatic hydroxyl groups is 1. The summed E-state index contributed by atoms with van der Waals surface area (Å²) in [6.07, 6.45) is 5.27. The molecule has 0 saturated heterocycles. The van der Waals surface area contributed by atoms with Crippen molar-refractivity contribution in [2.24, 2.45) is 0 Å². The Hall–Kier alpha value is -1.94. The van der Waals surface area contributed by atoms with Crippen LogP contribution in [0.1, 0.15) is 25.7 Å². The van der Waals surface area contributed by atoms with E-state index in [1.807, 2.05) is 0 Å². The smallest absolute Gasteiger partial charge is 0.241 e. The highest BCUT2D eigenvalue weighted by atomic mass is 32.2. The molecule has 1 amide bonds. The maximum atomic E-state index is 12.6. The first-order valence-electron chi connectivity index (χ1n) is 9.31. The Balaban J connectivity index is 1.64. The molecule has 154 valence electrons. The molecule has 1 fully saturated rings. The quantitative estimate of drug-likeness (QED) is 0.544. The van der Waals surface area contributed by atoms with Crippen molar-refractivity contribution in [2.45, 2.75) is 54.9 Å². The van der Waals surface area contributed by atoms with Gasteiger partial charge >= 0.3 is 0 Å². The van der Waals surface area contributed by atoms with E-state index < -0.39 is 28.3 Å². The molecule has 1 aliphatic carbocycles. The van der Waals surface area contributed by atoms with Crippen LogP contribution in [0.2, 0.25) is 0 Å². The molecule has 1 aromatic carbocycles. The molecule has 2 aliphatic rings. The molecule has 0 aromatic heterocycles. The van der Waals surface area contributed by atoms with Gasteiger partial charge in [-0.2, -0.15) is 0 Å². The van der Waals surface area contributed by atoms with Crippen molar-refractivity contribution in [1.29, 1.82) is 0 Å². The van der Waals surface area contributed by atoms with E-state index in [2.05, 4.69) is 10.0 Å². The zero-order chi connectivity index (χ0) is 20.1. The van der Waals surface area contributed by atoms with Gasteiger partial charge in [0.25, 0.3) is 0 Å². The van der Waals surface area contributed by atoms with E-state index >= 15 is 0 Å². The molecular weight excluding hydrogens is 384 g/mol. The number of carbonyl (C=O) groups is 1. The normalized spacial score (nSPS) is 25.1. The van der Waals surface area contributed by atoms with Gasteiger partial charge in [-0.1, -0.05) is 18.2 Å². The summed E-state index contributed by atoms with van der Waals surface area (Å²) in [6, 6.07) is 5.61. The molecule has 0 spiro atoms. The predicted octanol–water partition coefficient (Wildman–Crippen LogP) is 0.717. The standard InChI is InChI=1S/C19H26N2O6S/c1-26-14-6-3-7-16(10-14)28(24,25)21-17-9-8-15(27-18(17)12-22)11-19(23)20-13-4-2-5-13/h3,6-10,13,15,17-18,21-22H,2,4-5,11-12H2,1H3,(H,20,23)/t15-,17-,18+/m0/s1. The number of methoxy groups -OCH3 is 1. The average molecular weight is 410 g/mol. The number of rotatable bonds is 8. The van der Waals surface area contributed by atoms with Crippen molar-refractivity contribution in [3.8, 4) is 5.75 Å². The SMILES string of the molecule is COc1cccc(S(=O)(=O)N[C@H]2C=C[C@@H](CC(=O)NC3CCC3)O[C@@H]2CO)c1. The summed E-state index contributed by atoms with van der Waals surface area (Å²) in [7, 11) is -2.38. The molecular formula is C19H26N2O6S. The highest BCUT2D eigenvalue weighted by molar-refractivity contribution is 7.89. The highest BCUT2D eigenvalue weighted by Gasteiger charge is 2.32. The van der Waals surface area contributed by atoms with Crippen LogP contribution in [0.4, 0.5) is 0 Å². The van der Waals surface area contributed by atoms with Gasteiger partial charge in [0.1, 0.15) is 11.9 Å². The first kappa shape index (κ1) is 20.8. The zero-order valence-electron chi connectivity index (χ0n) is 15.7. The van der Waals surface area contributed by atoms with Gasteiger partial charge in [0, 0.05) is 12.1 Å². The Bertz CT molecular complexity index is 821. The summed E-state index contributed by atoms with van der Waals surface area (Å²) >= 11 is 0. The molecule has 3 N–H and O–H groups in total. The molecule has 3 atom stereocenters. The minimum Gasteiger partial charge on any atom is -0.497 e. The van der Waals surface area contributed by atoms with Crippen molar-refractivity contribution in [1.82, 2.24) is 10.0 Å². The Morgan fingerprint density at radius 1 is 1.32 bits per heavy atom. The molecule has 1 heterocycles. The maximum absolute atomic E-state index is 12.6. The van der Waals surface area contributed by atoms with Crippen molar-refractivity contribution >= 4 is 15.9 Å². The van der Waals surface area contributed by atoms with Gasteiger partial charge in [-0.15, -0.1) is 0 Å². The van der Waals surface area contributed by atoms with Gasteiger partial charge in [-0.3, -0.25) is 4.79 Å². The van der Waals surface area contributed by atoms with E-state index in [4.69, 9.17) is 9.47 Å². The fourth-order valence-electron chi connectivity index (χ4n) is 3.15. The van der Waals surface area contributed by atoms with Gasteiger partial charge in [-0.05, 0) is 31.4 Å². The van der Waals surface area contributed by atoms with E-state index in [0.717, 1.165) is 19.3 Å². The second-order valence-corrected chi connectivity index (χ2v) is 8.72. The molecule has 9 heteroatoms. The number of nitrogens with one attached hydrogen (secondary N) is 2.